The fourth-order valence-electron chi connectivity index (χ4n) is 3.29. The Hall–Kier alpha value is -3.59. The molecule has 0 saturated heterocycles. The number of hydrogen-bond acceptors (Lipinski definition) is 6. The van der Waals surface area contributed by atoms with Crippen molar-refractivity contribution in [3.05, 3.63) is 64.6 Å². The van der Waals surface area contributed by atoms with Crippen LogP contribution in [0.4, 0.5) is 10.1 Å². The van der Waals surface area contributed by atoms with E-state index in [-0.39, 0.29) is 12.5 Å². The van der Waals surface area contributed by atoms with Crippen molar-refractivity contribution in [1.29, 1.82) is 0 Å². The quantitative estimate of drug-likeness (QED) is 0.498. The molecule has 0 atom stereocenters. The summed E-state index contributed by atoms with van der Waals surface area (Å²) in [4.78, 5) is 36.9. The summed E-state index contributed by atoms with van der Waals surface area (Å²) in [5.41, 5.74) is 1.85. The number of aryl methyl sites for hydroxylation is 2. The van der Waals surface area contributed by atoms with E-state index in [4.69, 9.17) is 4.42 Å². The number of aromatic nitrogens is 2. The van der Waals surface area contributed by atoms with Crippen LogP contribution >= 0.6 is 11.3 Å². The number of carbonyl (C=O) groups is 2. The molecule has 0 radical (unpaired) electrons. The van der Waals surface area contributed by atoms with Crippen LogP contribution in [0.2, 0.25) is 0 Å². The fourth-order valence-corrected chi connectivity index (χ4v) is 4.51. The number of halogens is 1. The Bertz CT molecular complexity index is 1280. The van der Waals surface area contributed by atoms with E-state index in [0.717, 1.165) is 16.6 Å². The van der Waals surface area contributed by atoms with Gasteiger partial charge in [-0.3, -0.25) is 9.59 Å². The summed E-state index contributed by atoms with van der Waals surface area (Å²) in [5, 5.41) is 3.41. The van der Waals surface area contributed by atoms with Crippen molar-refractivity contribution in [3.63, 3.8) is 0 Å². The molecule has 1 aromatic carbocycles. The monoisotopic (exact) mass is 438 g/mol. The lowest BCUT2D eigenvalue weighted by molar-refractivity contribution is -0.116. The average Bonchev–Trinajstić information content (AvgIpc) is 3.35. The predicted octanol–water partition coefficient (Wildman–Crippen LogP) is 4.42. The minimum Gasteiger partial charge on any atom is -0.461 e. The zero-order chi connectivity index (χ0) is 22.1. The van der Waals surface area contributed by atoms with Gasteiger partial charge in [0.25, 0.3) is 5.91 Å². The van der Waals surface area contributed by atoms with Gasteiger partial charge in [0.15, 0.2) is 11.6 Å². The van der Waals surface area contributed by atoms with Gasteiger partial charge in [0.1, 0.15) is 10.6 Å². The molecule has 0 fully saturated rings. The van der Waals surface area contributed by atoms with Crippen LogP contribution in [0.3, 0.4) is 0 Å². The lowest BCUT2D eigenvalue weighted by Crippen LogP contribution is -2.34. The van der Waals surface area contributed by atoms with E-state index >= 15 is 0 Å². The third kappa shape index (κ3) is 4.17. The Labute approximate surface area is 181 Å². The van der Waals surface area contributed by atoms with Crippen LogP contribution in [-0.4, -0.2) is 40.3 Å². The largest absolute Gasteiger partial charge is 0.461 e. The van der Waals surface area contributed by atoms with Crippen molar-refractivity contribution in [2.75, 3.05) is 18.9 Å². The third-order valence-electron chi connectivity index (χ3n) is 4.74. The molecular formula is C22H19FN4O3S. The van der Waals surface area contributed by atoms with Gasteiger partial charge in [-0.15, -0.1) is 11.3 Å². The summed E-state index contributed by atoms with van der Waals surface area (Å²) in [6.07, 6.45) is 1.55. The highest BCUT2D eigenvalue weighted by Gasteiger charge is 2.23. The Morgan fingerprint density at radius 2 is 2.00 bits per heavy atom. The zero-order valence-electron chi connectivity index (χ0n) is 17.1. The first-order chi connectivity index (χ1) is 14.8. The van der Waals surface area contributed by atoms with Gasteiger partial charge in [-0.2, -0.15) is 0 Å². The molecule has 4 rings (SSSR count). The number of carbonyl (C=O) groups excluding carboxylic acids is 2. The highest BCUT2D eigenvalue weighted by Crippen LogP contribution is 2.33. The molecule has 0 aliphatic rings. The van der Waals surface area contributed by atoms with Crippen LogP contribution in [0.5, 0.6) is 0 Å². The lowest BCUT2D eigenvalue weighted by atomic mass is 10.1. The van der Waals surface area contributed by atoms with Crippen LogP contribution in [0.25, 0.3) is 21.8 Å². The van der Waals surface area contributed by atoms with E-state index < -0.39 is 11.7 Å². The first-order valence-corrected chi connectivity index (χ1v) is 10.3. The normalized spacial score (nSPS) is 11.0. The van der Waals surface area contributed by atoms with Gasteiger partial charge in [-0.25, -0.2) is 14.4 Å². The van der Waals surface area contributed by atoms with Crippen molar-refractivity contribution >= 4 is 39.1 Å². The molecule has 0 unspecified atom stereocenters. The number of benzene rings is 1. The molecule has 3 aromatic heterocycles. The molecule has 4 aromatic rings. The molecule has 158 valence electrons. The highest BCUT2D eigenvalue weighted by molar-refractivity contribution is 7.20. The Morgan fingerprint density at radius 3 is 2.71 bits per heavy atom. The Balaban J connectivity index is 1.56. The fraction of sp³-hybridized carbons (Fsp3) is 0.182. The summed E-state index contributed by atoms with van der Waals surface area (Å²) in [7, 11) is 1.55. The van der Waals surface area contributed by atoms with Crippen LogP contribution < -0.4 is 5.32 Å². The van der Waals surface area contributed by atoms with Gasteiger partial charge < -0.3 is 14.6 Å². The van der Waals surface area contributed by atoms with Crippen molar-refractivity contribution in [1.82, 2.24) is 14.9 Å². The molecule has 0 aliphatic carbocycles. The third-order valence-corrected chi connectivity index (χ3v) is 5.92. The summed E-state index contributed by atoms with van der Waals surface area (Å²) in [6.45, 7) is 3.53. The first-order valence-electron chi connectivity index (χ1n) is 9.46. The second kappa shape index (κ2) is 8.27. The second-order valence-corrected chi connectivity index (χ2v) is 8.07. The predicted molar refractivity (Wildman–Crippen MR) is 117 cm³/mol. The minimum absolute atomic E-state index is 0.175. The number of thiophene rings is 1. The maximum Gasteiger partial charge on any atom is 0.264 e. The Morgan fingerprint density at radius 1 is 1.19 bits per heavy atom. The number of hydrogen-bond donors (Lipinski definition) is 1. The smallest absolute Gasteiger partial charge is 0.264 e. The number of furan rings is 1. The second-order valence-electron chi connectivity index (χ2n) is 7.07. The average molecular weight is 438 g/mol. The van der Waals surface area contributed by atoms with Crippen LogP contribution in [0.15, 0.2) is 47.1 Å². The standard InChI is InChI=1S/C22H19FN4O3S/c1-12-18-13(2)24-20(16-8-5-9-30-16)26-21(18)31-19(12)22(29)27(3)11-17(28)25-15-7-4-6-14(23)10-15/h4-10H,11H2,1-3H3,(H,25,28). The highest BCUT2D eigenvalue weighted by atomic mass is 32.1. The van der Waals surface area contributed by atoms with E-state index in [9.17, 15) is 14.0 Å². The van der Waals surface area contributed by atoms with Gasteiger partial charge in [0.2, 0.25) is 5.91 Å². The molecular weight excluding hydrogens is 419 g/mol. The number of amides is 2. The Kier molecular flexibility index (Phi) is 5.51. The van der Waals surface area contributed by atoms with Crippen LogP contribution in [-0.2, 0) is 4.79 Å². The minimum atomic E-state index is -0.450. The molecule has 31 heavy (non-hydrogen) atoms. The van der Waals surface area contributed by atoms with E-state index in [1.165, 1.54) is 34.4 Å². The van der Waals surface area contributed by atoms with E-state index in [2.05, 4.69) is 15.3 Å². The van der Waals surface area contributed by atoms with E-state index in [1.807, 2.05) is 13.8 Å². The molecule has 1 N–H and O–H groups in total. The number of nitrogens with one attached hydrogen (secondary N) is 1. The summed E-state index contributed by atoms with van der Waals surface area (Å²) in [6, 6.07) is 9.12. The van der Waals surface area contributed by atoms with Gasteiger partial charge in [-0.1, -0.05) is 6.07 Å². The van der Waals surface area contributed by atoms with Crippen molar-refractivity contribution in [2.24, 2.45) is 0 Å². The molecule has 7 nitrogen and oxygen atoms in total. The van der Waals surface area contributed by atoms with Gasteiger partial charge in [0.05, 0.1) is 23.4 Å². The van der Waals surface area contributed by atoms with E-state index in [1.54, 1.807) is 31.5 Å². The summed E-state index contributed by atoms with van der Waals surface area (Å²) >= 11 is 1.25. The molecule has 3 heterocycles. The molecule has 0 bridgehead atoms. The first kappa shape index (κ1) is 20.7. The van der Waals surface area contributed by atoms with Crippen molar-refractivity contribution in [3.8, 4) is 11.6 Å². The SMILES string of the molecule is Cc1nc(-c2ccco2)nc2sc(C(=O)N(C)CC(=O)Nc3cccc(F)c3)c(C)c12. The molecule has 2 amide bonds. The zero-order valence-corrected chi connectivity index (χ0v) is 17.9. The van der Waals surface area contributed by atoms with Crippen molar-refractivity contribution in [2.45, 2.75) is 13.8 Å². The maximum atomic E-state index is 13.3. The molecule has 0 spiro atoms. The number of likely N-dealkylation sites (N-methyl/N-ethyl adjacent to an activating group) is 1. The number of anilines is 1. The molecule has 0 saturated carbocycles. The summed E-state index contributed by atoms with van der Waals surface area (Å²) in [5.74, 6) is -0.160. The maximum absolute atomic E-state index is 13.3. The summed E-state index contributed by atoms with van der Waals surface area (Å²) < 4.78 is 18.7. The van der Waals surface area contributed by atoms with Crippen LogP contribution in [0, 0.1) is 19.7 Å². The molecule has 0 aliphatic heterocycles. The van der Waals surface area contributed by atoms with Gasteiger partial charge >= 0.3 is 0 Å². The number of rotatable bonds is 5. The lowest BCUT2D eigenvalue weighted by Gasteiger charge is -2.16. The van der Waals surface area contributed by atoms with Gasteiger partial charge in [-0.05, 0) is 49.7 Å². The van der Waals surface area contributed by atoms with Crippen molar-refractivity contribution < 1.29 is 18.4 Å². The molecule has 9 heteroatoms. The number of fused-ring (bicyclic) bond motifs is 1. The topological polar surface area (TPSA) is 88.3 Å². The van der Waals surface area contributed by atoms with E-state index in [0.29, 0.717) is 27.0 Å². The van der Waals surface area contributed by atoms with Gasteiger partial charge in [0, 0.05) is 18.1 Å². The number of nitrogens with zero attached hydrogens (tertiary/aromatic N) is 3. The van der Waals surface area contributed by atoms with Crippen LogP contribution in [0.1, 0.15) is 20.9 Å².